The maximum atomic E-state index is 12.2. The van der Waals surface area contributed by atoms with E-state index in [-0.39, 0.29) is 11.8 Å². The van der Waals surface area contributed by atoms with Crippen LogP contribution in [0.3, 0.4) is 0 Å². The van der Waals surface area contributed by atoms with Gasteiger partial charge in [0.25, 0.3) is 0 Å². The molecule has 20 heavy (non-hydrogen) atoms. The lowest BCUT2D eigenvalue weighted by Crippen LogP contribution is -2.51. The number of nitrogens with one attached hydrogen (secondary N) is 1. The second-order valence-electron chi connectivity index (χ2n) is 6.24. The van der Waals surface area contributed by atoms with Crippen molar-refractivity contribution in [2.45, 2.75) is 50.0 Å². The van der Waals surface area contributed by atoms with Crippen molar-refractivity contribution in [3.05, 3.63) is 11.7 Å². The summed E-state index contributed by atoms with van der Waals surface area (Å²) in [6.45, 7) is 1.06. The molecule has 1 aromatic rings. The smallest absolute Gasteiger partial charge is 0.229 e. The summed E-state index contributed by atoms with van der Waals surface area (Å²) in [6, 6.07) is 0. The van der Waals surface area contributed by atoms with E-state index in [1.54, 1.807) is 0 Å². The van der Waals surface area contributed by atoms with Crippen LogP contribution in [0, 0.1) is 5.92 Å². The molecule has 2 heterocycles. The normalized spacial score (nSPS) is 25.4. The van der Waals surface area contributed by atoms with Crippen molar-refractivity contribution in [2.75, 3.05) is 13.2 Å². The van der Waals surface area contributed by atoms with Crippen molar-refractivity contribution in [1.82, 2.24) is 15.5 Å². The summed E-state index contributed by atoms with van der Waals surface area (Å²) in [5, 5.41) is 7.34. The van der Waals surface area contributed by atoms with Crippen LogP contribution in [0.5, 0.6) is 0 Å². The monoisotopic (exact) mass is 277 g/mol. The Balaban J connectivity index is 1.56. The predicted octanol–water partition coefficient (Wildman–Crippen LogP) is 1.48. The van der Waals surface area contributed by atoms with Crippen LogP contribution in [-0.2, 0) is 15.1 Å². The van der Waals surface area contributed by atoms with E-state index in [0.717, 1.165) is 44.4 Å². The van der Waals surface area contributed by atoms with Gasteiger partial charge in [-0.3, -0.25) is 4.79 Å². The zero-order valence-corrected chi connectivity index (χ0v) is 11.4. The van der Waals surface area contributed by atoms with Crippen LogP contribution in [0.1, 0.15) is 56.2 Å². The van der Waals surface area contributed by atoms with Crippen molar-refractivity contribution < 1.29 is 14.1 Å². The number of aromatic nitrogens is 2. The average Bonchev–Trinajstić information content (AvgIpc) is 2.90. The summed E-state index contributed by atoms with van der Waals surface area (Å²) in [5.74, 6) is 1.92. The fourth-order valence-corrected chi connectivity index (χ4v) is 3.03. The summed E-state index contributed by atoms with van der Waals surface area (Å²) < 4.78 is 10.5. The van der Waals surface area contributed by atoms with E-state index in [1.807, 2.05) is 0 Å². The molecule has 0 unspecified atom stereocenters. The van der Waals surface area contributed by atoms with Crippen molar-refractivity contribution in [2.24, 2.45) is 5.92 Å². The Labute approximate surface area is 117 Å². The number of carbonyl (C=O) groups is 1. The molecule has 0 spiro atoms. The first-order chi connectivity index (χ1) is 9.77. The van der Waals surface area contributed by atoms with Crippen LogP contribution in [0.2, 0.25) is 0 Å². The van der Waals surface area contributed by atoms with Crippen molar-refractivity contribution in [3.63, 3.8) is 0 Å². The quantitative estimate of drug-likeness (QED) is 0.902. The molecule has 1 aromatic heterocycles. The van der Waals surface area contributed by atoms with E-state index in [1.165, 1.54) is 0 Å². The summed E-state index contributed by atoms with van der Waals surface area (Å²) in [4.78, 5) is 16.8. The minimum absolute atomic E-state index is 0.0118. The van der Waals surface area contributed by atoms with Gasteiger partial charge in [0, 0.05) is 5.92 Å². The zero-order valence-electron chi connectivity index (χ0n) is 11.4. The maximum absolute atomic E-state index is 12.2. The number of nitrogens with zero attached hydrogens (tertiary/aromatic N) is 2. The summed E-state index contributed by atoms with van der Waals surface area (Å²) in [6.07, 6.45) is 6.26. The topological polar surface area (TPSA) is 77.3 Å². The number of carbonyl (C=O) groups excluding carboxylic acids is 1. The van der Waals surface area contributed by atoms with Gasteiger partial charge in [-0.15, -0.1) is 0 Å². The fourth-order valence-electron chi connectivity index (χ4n) is 3.03. The van der Waals surface area contributed by atoms with E-state index in [9.17, 15) is 4.79 Å². The first-order valence-electron chi connectivity index (χ1n) is 7.51. The number of rotatable bonds is 4. The molecular formula is C14H19N3O3. The number of hydrogen-bond acceptors (Lipinski definition) is 5. The third kappa shape index (κ3) is 2.02. The first-order valence-corrected chi connectivity index (χ1v) is 7.51. The third-order valence-corrected chi connectivity index (χ3v) is 4.62. The molecule has 4 rings (SSSR count). The van der Waals surface area contributed by atoms with E-state index in [4.69, 9.17) is 9.26 Å². The van der Waals surface area contributed by atoms with Gasteiger partial charge in [0.15, 0.2) is 5.82 Å². The Morgan fingerprint density at radius 3 is 2.60 bits per heavy atom. The van der Waals surface area contributed by atoms with Gasteiger partial charge < -0.3 is 14.6 Å². The molecule has 108 valence electrons. The molecule has 3 aliphatic rings. The Morgan fingerprint density at radius 1 is 1.25 bits per heavy atom. The summed E-state index contributed by atoms with van der Waals surface area (Å²) in [5.41, 5.74) is -0.413. The van der Waals surface area contributed by atoms with Gasteiger partial charge in [-0.05, 0) is 25.7 Å². The van der Waals surface area contributed by atoms with Crippen LogP contribution in [0.4, 0.5) is 0 Å². The van der Waals surface area contributed by atoms with Crippen LogP contribution in [0.15, 0.2) is 4.52 Å². The number of amides is 1. The lowest BCUT2D eigenvalue weighted by atomic mass is 9.94. The van der Waals surface area contributed by atoms with E-state index >= 15 is 0 Å². The van der Waals surface area contributed by atoms with Gasteiger partial charge in [0.05, 0.1) is 19.1 Å². The molecular weight excluding hydrogens is 258 g/mol. The molecule has 2 saturated carbocycles. The fraction of sp³-hybridized carbons (Fsp3) is 0.786. The van der Waals surface area contributed by atoms with Crippen molar-refractivity contribution in [1.29, 1.82) is 0 Å². The van der Waals surface area contributed by atoms with Gasteiger partial charge in [-0.1, -0.05) is 18.0 Å². The van der Waals surface area contributed by atoms with Crippen molar-refractivity contribution in [3.8, 4) is 0 Å². The number of ether oxygens (including phenoxy) is 1. The highest BCUT2D eigenvalue weighted by Gasteiger charge is 2.44. The molecule has 1 amide bonds. The molecule has 6 nitrogen and oxygen atoms in total. The Bertz CT molecular complexity index is 513. The van der Waals surface area contributed by atoms with Crippen molar-refractivity contribution >= 4 is 5.91 Å². The Hall–Kier alpha value is -1.43. The molecule has 0 aromatic carbocycles. The second-order valence-corrected chi connectivity index (χ2v) is 6.24. The molecule has 1 aliphatic heterocycles. The third-order valence-electron chi connectivity index (χ3n) is 4.62. The minimum Gasteiger partial charge on any atom is -0.380 e. The van der Waals surface area contributed by atoms with Gasteiger partial charge >= 0.3 is 0 Å². The summed E-state index contributed by atoms with van der Waals surface area (Å²) >= 11 is 0. The van der Waals surface area contributed by atoms with Crippen LogP contribution >= 0.6 is 0 Å². The maximum Gasteiger partial charge on any atom is 0.229 e. The SMILES string of the molecule is O=C(NC1(c2noc(C3CC3)n2)CCCC1)C1COC1. The molecule has 1 N–H and O–H groups in total. The lowest BCUT2D eigenvalue weighted by Gasteiger charge is -2.32. The molecule has 1 saturated heterocycles. The highest BCUT2D eigenvalue weighted by atomic mass is 16.5. The van der Waals surface area contributed by atoms with E-state index < -0.39 is 5.54 Å². The standard InChI is InChI=1S/C14H19N3O3/c18-11(10-7-19-8-10)16-14(5-1-2-6-14)13-15-12(20-17-13)9-3-4-9/h9-10H,1-8H2,(H,16,18). The summed E-state index contributed by atoms with van der Waals surface area (Å²) in [7, 11) is 0. The van der Waals surface area contributed by atoms with Gasteiger partial charge in [0.2, 0.25) is 11.8 Å². The number of hydrogen-bond donors (Lipinski definition) is 1. The van der Waals surface area contributed by atoms with Crippen LogP contribution in [0.25, 0.3) is 0 Å². The van der Waals surface area contributed by atoms with E-state index in [0.29, 0.717) is 25.0 Å². The molecule has 3 fully saturated rings. The molecule has 0 radical (unpaired) electrons. The largest absolute Gasteiger partial charge is 0.380 e. The minimum atomic E-state index is -0.413. The first kappa shape index (κ1) is 12.3. The van der Waals surface area contributed by atoms with Crippen LogP contribution in [-0.4, -0.2) is 29.3 Å². The molecule has 2 aliphatic carbocycles. The van der Waals surface area contributed by atoms with Gasteiger partial charge in [0.1, 0.15) is 5.54 Å². The van der Waals surface area contributed by atoms with Crippen LogP contribution < -0.4 is 5.32 Å². The molecule has 0 bridgehead atoms. The zero-order chi connectivity index (χ0) is 13.6. The lowest BCUT2D eigenvalue weighted by molar-refractivity contribution is -0.141. The predicted molar refractivity (Wildman–Crippen MR) is 68.9 cm³/mol. The van der Waals surface area contributed by atoms with Gasteiger partial charge in [-0.25, -0.2) is 0 Å². The highest BCUT2D eigenvalue weighted by molar-refractivity contribution is 5.80. The van der Waals surface area contributed by atoms with Gasteiger partial charge in [-0.2, -0.15) is 4.98 Å². The second kappa shape index (κ2) is 4.55. The Kier molecular flexibility index (Phi) is 2.80. The molecule has 0 atom stereocenters. The van der Waals surface area contributed by atoms with E-state index in [2.05, 4.69) is 15.5 Å². The highest BCUT2D eigenvalue weighted by Crippen LogP contribution is 2.42. The molecule has 6 heteroatoms. The average molecular weight is 277 g/mol. The Morgan fingerprint density at radius 2 is 2.00 bits per heavy atom.